The molecule has 1 aliphatic rings. The molecule has 0 saturated carbocycles. The number of hydrogen-bond acceptors (Lipinski definition) is 2. The molecule has 4 nitrogen and oxygen atoms in total. The van der Waals surface area contributed by atoms with Gasteiger partial charge in [-0.25, -0.2) is 4.39 Å². The van der Waals surface area contributed by atoms with Crippen LogP contribution in [0.15, 0.2) is 42.5 Å². The van der Waals surface area contributed by atoms with E-state index in [9.17, 15) is 14.0 Å². The van der Waals surface area contributed by atoms with Crippen molar-refractivity contribution in [2.75, 3.05) is 6.54 Å². The van der Waals surface area contributed by atoms with Crippen LogP contribution < -0.4 is 5.32 Å². The maximum absolute atomic E-state index is 13.3. The van der Waals surface area contributed by atoms with Gasteiger partial charge in [0.05, 0.1) is 11.4 Å². The number of halogens is 2. The molecule has 0 unspecified atom stereocenters. The van der Waals surface area contributed by atoms with Crippen LogP contribution >= 0.6 is 11.6 Å². The van der Waals surface area contributed by atoms with E-state index in [1.165, 1.54) is 12.1 Å². The number of hydrogen-bond donors (Lipinski definition) is 1. The number of amides is 2. The zero-order chi connectivity index (χ0) is 18.7. The van der Waals surface area contributed by atoms with Crippen molar-refractivity contribution in [1.29, 1.82) is 0 Å². The SMILES string of the molecule is CCCN1C(=O)Cc2ccccc2[C@H]1C(=O)NCc1ccc(F)c(Cl)c1. The van der Waals surface area contributed by atoms with E-state index in [0.29, 0.717) is 18.5 Å². The molecule has 2 aromatic carbocycles. The Hall–Kier alpha value is -2.40. The molecule has 3 rings (SSSR count). The first-order chi connectivity index (χ1) is 12.5. The van der Waals surface area contributed by atoms with E-state index < -0.39 is 11.9 Å². The van der Waals surface area contributed by atoms with Gasteiger partial charge in [0.25, 0.3) is 0 Å². The number of nitrogens with zero attached hydrogens (tertiary/aromatic N) is 1. The lowest BCUT2D eigenvalue weighted by atomic mass is 9.91. The molecule has 0 radical (unpaired) electrons. The van der Waals surface area contributed by atoms with Gasteiger partial charge in [-0.1, -0.05) is 48.9 Å². The number of fused-ring (bicyclic) bond motifs is 1. The zero-order valence-electron chi connectivity index (χ0n) is 14.5. The first-order valence-electron chi connectivity index (χ1n) is 8.60. The van der Waals surface area contributed by atoms with Crippen LogP contribution in [0.5, 0.6) is 0 Å². The number of benzene rings is 2. The Balaban J connectivity index is 1.82. The third-order valence-electron chi connectivity index (χ3n) is 4.49. The van der Waals surface area contributed by atoms with Gasteiger partial charge in [-0.15, -0.1) is 0 Å². The second kappa shape index (κ2) is 7.87. The second-order valence-electron chi connectivity index (χ2n) is 6.33. The predicted molar refractivity (Wildman–Crippen MR) is 98.1 cm³/mol. The topological polar surface area (TPSA) is 49.4 Å². The Morgan fingerprint density at radius 3 is 2.81 bits per heavy atom. The molecule has 1 N–H and O–H groups in total. The number of carbonyl (C=O) groups excluding carboxylic acids is 2. The fourth-order valence-electron chi connectivity index (χ4n) is 3.25. The van der Waals surface area contributed by atoms with E-state index in [-0.39, 0.29) is 23.4 Å². The van der Waals surface area contributed by atoms with Crippen LogP contribution in [0.2, 0.25) is 5.02 Å². The summed E-state index contributed by atoms with van der Waals surface area (Å²) in [7, 11) is 0. The summed E-state index contributed by atoms with van der Waals surface area (Å²) < 4.78 is 13.3. The largest absolute Gasteiger partial charge is 0.350 e. The average Bonchev–Trinajstić information content (AvgIpc) is 2.63. The molecule has 1 heterocycles. The highest BCUT2D eigenvalue weighted by atomic mass is 35.5. The highest BCUT2D eigenvalue weighted by Crippen LogP contribution is 2.31. The molecule has 0 spiro atoms. The summed E-state index contributed by atoms with van der Waals surface area (Å²) in [5, 5.41) is 2.87. The number of nitrogens with one attached hydrogen (secondary N) is 1. The summed E-state index contributed by atoms with van der Waals surface area (Å²) in [5.41, 5.74) is 2.44. The van der Waals surface area contributed by atoms with Crippen molar-refractivity contribution in [3.05, 3.63) is 70.0 Å². The summed E-state index contributed by atoms with van der Waals surface area (Å²) in [6, 6.07) is 11.2. The lowest BCUT2D eigenvalue weighted by molar-refractivity contribution is -0.141. The smallest absolute Gasteiger partial charge is 0.247 e. The summed E-state index contributed by atoms with van der Waals surface area (Å²) in [6.45, 7) is 2.71. The Morgan fingerprint density at radius 2 is 2.08 bits per heavy atom. The molecule has 0 aliphatic carbocycles. The van der Waals surface area contributed by atoms with Gasteiger partial charge >= 0.3 is 0 Å². The van der Waals surface area contributed by atoms with E-state index >= 15 is 0 Å². The fourth-order valence-corrected chi connectivity index (χ4v) is 3.45. The van der Waals surface area contributed by atoms with Crippen molar-refractivity contribution in [3.63, 3.8) is 0 Å². The Labute approximate surface area is 157 Å². The van der Waals surface area contributed by atoms with Crippen molar-refractivity contribution in [2.45, 2.75) is 32.4 Å². The van der Waals surface area contributed by atoms with Crippen LogP contribution in [-0.2, 0) is 22.6 Å². The molecule has 1 aliphatic heterocycles. The number of rotatable bonds is 5. The lowest BCUT2D eigenvalue weighted by Gasteiger charge is -2.36. The van der Waals surface area contributed by atoms with E-state index in [2.05, 4.69) is 5.32 Å². The van der Waals surface area contributed by atoms with Crippen LogP contribution in [0.3, 0.4) is 0 Å². The minimum Gasteiger partial charge on any atom is -0.350 e. The molecule has 0 saturated heterocycles. The van der Waals surface area contributed by atoms with E-state index in [4.69, 9.17) is 11.6 Å². The number of carbonyl (C=O) groups is 2. The molecular weight excluding hydrogens is 355 g/mol. The molecule has 6 heteroatoms. The maximum atomic E-state index is 13.3. The molecule has 26 heavy (non-hydrogen) atoms. The predicted octanol–water partition coefficient (Wildman–Crippen LogP) is 3.63. The van der Waals surface area contributed by atoms with Crippen molar-refractivity contribution in [3.8, 4) is 0 Å². The van der Waals surface area contributed by atoms with Crippen molar-refractivity contribution in [1.82, 2.24) is 10.2 Å². The normalized spacial score (nSPS) is 16.3. The van der Waals surface area contributed by atoms with Gasteiger partial charge < -0.3 is 10.2 Å². The van der Waals surface area contributed by atoms with Crippen LogP contribution in [0.4, 0.5) is 4.39 Å². The van der Waals surface area contributed by atoms with Gasteiger partial charge in [-0.2, -0.15) is 0 Å². The van der Waals surface area contributed by atoms with Gasteiger partial charge in [0, 0.05) is 13.1 Å². The third-order valence-corrected chi connectivity index (χ3v) is 4.78. The summed E-state index contributed by atoms with van der Waals surface area (Å²) >= 11 is 5.79. The van der Waals surface area contributed by atoms with Crippen LogP contribution in [0, 0.1) is 5.82 Å². The highest BCUT2D eigenvalue weighted by Gasteiger charge is 2.36. The maximum Gasteiger partial charge on any atom is 0.247 e. The molecule has 136 valence electrons. The van der Waals surface area contributed by atoms with Crippen LogP contribution in [0.25, 0.3) is 0 Å². The van der Waals surface area contributed by atoms with Crippen molar-refractivity contribution >= 4 is 23.4 Å². The Morgan fingerprint density at radius 1 is 1.31 bits per heavy atom. The first-order valence-corrected chi connectivity index (χ1v) is 8.98. The standard InChI is InChI=1S/C20H20ClFN2O2/c1-2-9-24-18(25)11-14-5-3-4-6-15(14)19(24)20(26)23-12-13-7-8-17(22)16(21)10-13/h3-8,10,19H,2,9,11-12H2,1H3,(H,23,26)/t19-/m0/s1. The van der Waals surface area contributed by atoms with Crippen molar-refractivity contribution in [2.24, 2.45) is 0 Å². The summed E-state index contributed by atoms with van der Waals surface area (Å²) in [6.07, 6.45) is 1.08. The molecule has 0 aromatic heterocycles. The zero-order valence-corrected chi connectivity index (χ0v) is 15.2. The van der Waals surface area contributed by atoms with Gasteiger partial charge in [0.2, 0.25) is 11.8 Å². The third kappa shape index (κ3) is 3.73. The van der Waals surface area contributed by atoms with Crippen molar-refractivity contribution < 1.29 is 14.0 Å². The van der Waals surface area contributed by atoms with Gasteiger partial charge in [-0.3, -0.25) is 9.59 Å². The van der Waals surface area contributed by atoms with Crippen LogP contribution in [-0.4, -0.2) is 23.3 Å². The van der Waals surface area contributed by atoms with Crippen LogP contribution in [0.1, 0.15) is 36.1 Å². The Bertz CT molecular complexity index is 840. The highest BCUT2D eigenvalue weighted by molar-refractivity contribution is 6.30. The van der Waals surface area contributed by atoms with Gasteiger partial charge in [0.1, 0.15) is 11.9 Å². The molecule has 0 bridgehead atoms. The second-order valence-corrected chi connectivity index (χ2v) is 6.74. The minimum absolute atomic E-state index is 0.0162. The molecule has 1 atom stereocenters. The van der Waals surface area contributed by atoms with Gasteiger partial charge in [-0.05, 0) is 35.2 Å². The Kier molecular flexibility index (Phi) is 5.57. The summed E-state index contributed by atoms with van der Waals surface area (Å²) in [4.78, 5) is 27.0. The molecular formula is C20H20ClFN2O2. The molecule has 0 fully saturated rings. The quantitative estimate of drug-likeness (QED) is 0.868. The monoisotopic (exact) mass is 374 g/mol. The van der Waals surface area contributed by atoms with Gasteiger partial charge in [0.15, 0.2) is 0 Å². The molecule has 2 aromatic rings. The average molecular weight is 375 g/mol. The lowest BCUT2D eigenvalue weighted by Crippen LogP contribution is -2.47. The molecule has 2 amide bonds. The van der Waals surface area contributed by atoms with E-state index in [1.54, 1.807) is 11.0 Å². The fraction of sp³-hybridized carbons (Fsp3) is 0.300. The first kappa shape index (κ1) is 18.4. The van der Waals surface area contributed by atoms with E-state index in [0.717, 1.165) is 17.5 Å². The van der Waals surface area contributed by atoms with E-state index in [1.807, 2.05) is 31.2 Å². The summed E-state index contributed by atoms with van der Waals surface area (Å²) in [5.74, 6) is -0.794. The minimum atomic E-state index is -0.650.